The molecule has 2 aromatic rings. The van der Waals surface area contributed by atoms with E-state index in [1.165, 1.54) is 11.1 Å². The number of hydrogen-bond acceptors (Lipinski definition) is 3. The standard InChI is InChI=1S/C15H18BrN3/c1-17-15-13(4-3-9-18-15)11-19(2)10-12-5-7-14(16)8-6-12/h3-9H,10-11H2,1-2H3,(H,17,18). The quantitative estimate of drug-likeness (QED) is 0.914. The molecule has 0 saturated heterocycles. The van der Waals surface area contributed by atoms with Crippen LogP contribution in [-0.4, -0.2) is 24.0 Å². The molecular formula is C15H18BrN3. The maximum atomic E-state index is 4.32. The first-order valence-electron chi connectivity index (χ1n) is 6.23. The highest BCUT2D eigenvalue weighted by Gasteiger charge is 2.06. The fourth-order valence-electron chi connectivity index (χ4n) is 2.04. The largest absolute Gasteiger partial charge is 0.373 e. The molecule has 0 atom stereocenters. The number of pyridine rings is 1. The van der Waals surface area contributed by atoms with Crippen molar-refractivity contribution in [2.45, 2.75) is 13.1 Å². The lowest BCUT2D eigenvalue weighted by Crippen LogP contribution is -2.18. The number of anilines is 1. The van der Waals surface area contributed by atoms with Crippen molar-refractivity contribution in [3.05, 3.63) is 58.2 Å². The van der Waals surface area contributed by atoms with Crippen molar-refractivity contribution in [2.24, 2.45) is 0 Å². The predicted octanol–water partition coefficient (Wildman–Crippen LogP) is 3.52. The monoisotopic (exact) mass is 319 g/mol. The fraction of sp³-hybridized carbons (Fsp3) is 0.267. The third-order valence-corrected chi connectivity index (χ3v) is 3.46. The number of benzene rings is 1. The molecule has 0 aliphatic carbocycles. The molecule has 2 rings (SSSR count). The highest BCUT2D eigenvalue weighted by atomic mass is 79.9. The van der Waals surface area contributed by atoms with E-state index in [2.05, 4.69) is 68.5 Å². The van der Waals surface area contributed by atoms with E-state index in [-0.39, 0.29) is 0 Å². The molecule has 4 heteroatoms. The second-order valence-corrected chi connectivity index (χ2v) is 5.48. The second-order valence-electron chi connectivity index (χ2n) is 4.56. The Hall–Kier alpha value is -1.39. The molecule has 0 unspecified atom stereocenters. The van der Waals surface area contributed by atoms with Gasteiger partial charge in [0.15, 0.2) is 0 Å². The number of aromatic nitrogens is 1. The van der Waals surface area contributed by atoms with Crippen molar-refractivity contribution in [1.82, 2.24) is 9.88 Å². The lowest BCUT2D eigenvalue weighted by molar-refractivity contribution is 0.319. The summed E-state index contributed by atoms with van der Waals surface area (Å²) in [7, 11) is 4.02. The van der Waals surface area contributed by atoms with Crippen LogP contribution in [-0.2, 0) is 13.1 Å². The van der Waals surface area contributed by atoms with Gasteiger partial charge in [-0.05, 0) is 30.8 Å². The highest BCUT2D eigenvalue weighted by Crippen LogP contribution is 2.15. The normalized spacial score (nSPS) is 10.7. The van der Waals surface area contributed by atoms with Crippen molar-refractivity contribution < 1.29 is 0 Å². The molecule has 0 radical (unpaired) electrons. The Balaban J connectivity index is 2.01. The number of halogens is 1. The molecule has 0 spiro atoms. The molecule has 0 aliphatic heterocycles. The Morgan fingerprint density at radius 3 is 2.58 bits per heavy atom. The summed E-state index contributed by atoms with van der Waals surface area (Å²) in [6.45, 7) is 1.80. The molecule has 0 aliphatic rings. The molecule has 0 bridgehead atoms. The van der Waals surface area contributed by atoms with Crippen molar-refractivity contribution in [3.8, 4) is 0 Å². The molecule has 1 heterocycles. The van der Waals surface area contributed by atoms with Gasteiger partial charge < -0.3 is 5.32 Å². The smallest absolute Gasteiger partial charge is 0.130 e. The molecule has 1 N–H and O–H groups in total. The number of nitrogens with one attached hydrogen (secondary N) is 1. The van der Waals surface area contributed by atoms with E-state index in [1.807, 2.05) is 19.3 Å². The molecule has 0 fully saturated rings. The molecule has 1 aromatic carbocycles. The van der Waals surface area contributed by atoms with Crippen LogP contribution in [0, 0.1) is 0 Å². The zero-order chi connectivity index (χ0) is 13.7. The minimum absolute atomic E-state index is 0.875. The van der Waals surface area contributed by atoms with Crippen molar-refractivity contribution >= 4 is 21.7 Å². The molecule has 3 nitrogen and oxygen atoms in total. The first-order valence-corrected chi connectivity index (χ1v) is 7.03. The zero-order valence-corrected chi connectivity index (χ0v) is 12.8. The summed E-state index contributed by atoms with van der Waals surface area (Å²) in [5.74, 6) is 0.949. The van der Waals surface area contributed by atoms with Gasteiger partial charge in [-0.25, -0.2) is 4.98 Å². The maximum absolute atomic E-state index is 4.32. The van der Waals surface area contributed by atoms with Gasteiger partial charge in [-0.2, -0.15) is 0 Å². The molecule has 100 valence electrons. The first-order chi connectivity index (χ1) is 9.19. The van der Waals surface area contributed by atoms with Crippen LogP contribution in [0.2, 0.25) is 0 Å². The van der Waals surface area contributed by atoms with Gasteiger partial charge in [-0.15, -0.1) is 0 Å². The SMILES string of the molecule is CNc1ncccc1CN(C)Cc1ccc(Br)cc1. The van der Waals surface area contributed by atoms with Gasteiger partial charge in [0.1, 0.15) is 5.82 Å². The third kappa shape index (κ3) is 4.04. The van der Waals surface area contributed by atoms with Crippen LogP contribution < -0.4 is 5.32 Å². The van der Waals surface area contributed by atoms with Gasteiger partial charge in [0.05, 0.1) is 0 Å². The van der Waals surface area contributed by atoms with Crippen LogP contribution in [0.3, 0.4) is 0 Å². The summed E-state index contributed by atoms with van der Waals surface area (Å²) in [5.41, 5.74) is 2.52. The minimum Gasteiger partial charge on any atom is -0.373 e. The van der Waals surface area contributed by atoms with Gasteiger partial charge in [-0.3, -0.25) is 4.90 Å². The Morgan fingerprint density at radius 2 is 1.89 bits per heavy atom. The van der Waals surface area contributed by atoms with E-state index < -0.39 is 0 Å². The van der Waals surface area contributed by atoms with Crippen LogP contribution in [0.5, 0.6) is 0 Å². The first kappa shape index (κ1) is 14.0. The summed E-state index contributed by atoms with van der Waals surface area (Å²) in [5, 5.41) is 3.13. The second kappa shape index (κ2) is 6.68. The molecule has 19 heavy (non-hydrogen) atoms. The average Bonchev–Trinajstić information content (AvgIpc) is 2.42. The highest BCUT2D eigenvalue weighted by molar-refractivity contribution is 9.10. The van der Waals surface area contributed by atoms with E-state index in [9.17, 15) is 0 Å². The Bertz CT molecular complexity index is 525. The van der Waals surface area contributed by atoms with Gasteiger partial charge in [0.25, 0.3) is 0 Å². The van der Waals surface area contributed by atoms with Crippen LogP contribution in [0.25, 0.3) is 0 Å². The van der Waals surface area contributed by atoms with Gasteiger partial charge in [0, 0.05) is 36.4 Å². The molecular weight excluding hydrogens is 302 g/mol. The topological polar surface area (TPSA) is 28.2 Å². The Morgan fingerprint density at radius 1 is 1.16 bits per heavy atom. The van der Waals surface area contributed by atoms with E-state index >= 15 is 0 Å². The Labute approximate surface area is 122 Å². The lowest BCUT2D eigenvalue weighted by Gasteiger charge is -2.18. The minimum atomic E-state index is 0.875. The van der Waals surface area contributed by atoms with E-state index in [4.69, 9.17) is 0 Å². The Kier molecular flexibility index (Phi) is 4.93. The van der Waals surface area contributed by atoms with E-state index in [1.54, 1.807) is 0 Å². The maximum Gasteiger partial charge on any atom is 0.130 e. The summed E-state index contributed by atoms with van der Waals surface area (Å²) in [6.07, 6.45) is 1.81. The fourth-order valence-corrected chi connectivity index (χ4v) is 2.30. The van der Waals surface area contributed by atoms with Crippen LogP contribution in [0.15, 0.2) is 47.1 Å². The number of rotatable bonds is 5. The zero-order valence-electron chi connectivity index (χ0n) is 11.2. The summed E-state index contributed by atoms with van der Waals surface area (Å²) in [4.78, 5) is 6.60. The van der Waals surface area contributed by atoms with Gasteiger partial charge in [0.2, 0.25) is 0 Å². The summed E-state index contributed by atoms with van der Waals surface area (Å²) in [6, 6.07) is 12.5. The summed E-state index contributed by atoms with van der Waals surface area (Å²) >= 11 is 3.45. The third-order valence-electron chi connectivity index (χ3n) is 2.93. The average molecular weight is 320 g/mol. The van der Waals surface area contributed by atoms with Crippen LogP contribution in [0.4, 0.5) is 5.82 Å². The van der Waals surface area contributed by atoms with E-state index in [0.29, 0.717) is 0 Å². The van der Waals surface area contributed by atoms with E-state index in [0.717, 1.165) is 23.4 Å². The number of hydrogen-bond donors (Lipinski definition) is 1. The molecule has 0 saturated carbocycles. The predicted molar refractivity (Wildman–Crippen MR) is 83.1 cm³/mol. The van der Waals surface area contributed by atoms with Gasteiger partial charge >= 0.3 is 0 Å². The van der Waals surface area contributed by atoms with Crippen molar-refractivity contribution in [1.29, 1.82) is 0 Å². The summed E-state index contributed by atoms with van der Waals surface area (Å²) < 4.78 is 1.11. The van der Waals surface area contributed by atoms with Gasteiger partial charge in [-0.1, -0.05) is 34.1 Å². The number of nitrogens with zero attached hydrogens (tertiary/aromatic N) is 2. The van der Waals surface area contributed by atoms with Crippen molar-refractivity contribution in [3.63, 3.8) is 0 Å². The molecule has 1 aromatic heterocycles. The van der Waals surface area contributed by atoms with Crippen LogP contribution >= 0.6 is 15.9 Å². The van der Waals surface area contributed by atoms with Crippen molar-refractivity contribution in [2.75, 3.05) is 19.4 Å². The lowest BCUT2D eigenvalue weighted by atomic mass is 10.2. The van der Waals surface area contributed by atoms with Crippen LogP contribution in [0.1, 0.15) is 11.1 Å². The molecule has 0 amide bonds.